The smallest absolute Gasteiger partial charge is 0.0406 e. The highest BCUT2D eigenvalue weighted by molar-refractivity contribution is 6.30. The molecule has 1 nitrogen and oxygen atoms in total. The molecule has 2 aliphatic carbocycles. The van der Waals surface area contributed by atoms with Crippen LogP contribution < -0.4 is 5.73 Å². The summed E-state index contributed by atoms with van der Waals surface area (Å²) in [5.41, 5.74) is 7.98. The molecule has 0 heterocycles. The minimum absolute atomic E-state index is 0.0662. The van der Waals surface area contributed by atoms with Gasteiger partial charge in [0.05, 0.1) is 0 Å². The Hall–Kier alpha value is -0.530. The third-order valence-corrected chi connectivity index (χ3v) is 4.72. The zero-order chi connectivity index (χ0) is 11.2. The third kappa shape index (κ3) is 1.76. The van der Waals surface area contributed by atoms with E-state index in [0.717, 1.165) is 23.3 Å². The van der Waals surface area contributed by atoms with Gasteiger partial charge in [0.25, 0.3) is 0 Å². The fourth-order valence-electron chi connectivity index (χ4n) is 3.69. The van der Waals surface area contributed by atoms with Gasteiger partial charge in [-0.15, -0.1) is 0 Å². The van der Waals surface area contributed by atoms with Crippen molar-refractivity contribution in [1.29, 1.82) is 0 Å². The molecule has 1 aromatic carbocycles. The maximum Gasteiger partial charge on any atom is 0.0406 e. The Morgan fingerprint density at radius 1 is 1.25 bits per heavy atom. The quantitative estimate of drug-likeness (QED) is 0.836. The van der Waals surface area contributed by atoms with Crippen LogP contribution in [0.2, 0.25) is 5.02 Å². The highest BCUT2D eigenvalue weighted by Gasteiger charge is 2.48. The molecule has 0 spiro atoms. The van der Waals surface area contributed by atoms with Gasteiger partial charge in [-0.1, -0.05) is 30.2 Å². The molecule has 2 N–H and O–H groups in total. The monoisotopic (exact) mass is 235 g/mol. The third-order valence-electron chi connectivity index (χ3n) is 4.47. The molecular weight excluding hydrogens is 218 g/mol. The highest BCUT2D eigenvalue weighted by Crippen LogP contribution is 2.50. The largest absolute Gasteiger partial charge is 0.325 e. The maximum absolute atomic E-state index is 6.58. The molecule has 2 saturated carbocycles. The normalized spacial score (nSPS) is 36.9. The van der Waals surface area contributed by atoms with E-state index in [0.29, 0.717) is 0 Å². The van der Waals surface area contributed by atoms with E-state index in [2.05, 4.69) is 12.1 Å². The highest BCUT2D eigenvalue weighted by atomic mass is 35.5. The lowest BCUT2D eigenvalue weighted by Crippen LogP contribution is -2.46. The van der Waals surface area contributed by atoms with E-state index in [9.17, 15) is 0 Å². The molecule has 0 saturated heterocycles. The first-order valence-electron chi connectivity index (χ1n) is 6.19. The molecule has 0 aromatic heterocycles. The molecular formula is C14H18ClN. The van der Waals surface area contributed by atoms with Crippen LogP contribution in [0.25, 0.3) is 0 Å². The first kappa shape index (κ1) is 10.6. The van der Waals surface area contributed by atoms with Gasteiger partial charge in [-0.25, -0.2) is 0 Å². The minimum atomic E-state index is 0.0662. The number of fused-ring (bicyclic) bond motifs is 2. The fourth-order valence-corrected chi connectivity index (χ4v) is 3.81. The second-order valence-corrected chi connectivity index (χ2v) is 6.05. The standard InChI is InChI=1S/C14H18ClN/c15-13-5-2-10(3-6-13)8-14(16)9-11-1-4-12(14)7-11/h2-3,5-6,11-12H,1,4,7-9,16H2. The van der Waals surface area contributed by atoms with E-state index in [-0.39, 0.29) is 5.54 Å². The summed E-state index contributed by atoms with van der Waals surface area (Å²) >= 11 is 5.89. The van der Waals surface area contributed by atoms with Crippen LogP contribution in [-0.2, 0) is 6.42 Å². The summed E-state index contributed by atoms with van der Waals surface area (Å²) in [5.74, 6) is 1.66. The van der Waals surface area contributed by atoms with Crippen molar-refractivity contribution in [3.8, 4) is 0 Å². The van der Waals surface area contributed by atoms with Crippen LogP contribution in [0.4, 0.5) is 0 Å². The Morgan fingerprint density at radius 2 is 2.00 bits per heavy atom. The van der Waals surface area contributed by atoms with Gasteiger partial charge < -0.3 is 5.73 Å². The lowest BCUT2D eigenvalue weighted by atomic mass is 9.77. The first-order valence-corrected chi connectivity index (χ1v) is 6.57. The van der Waals surface area contributed by atoms with Gasteiger partial charge in [0.15, 0.2) is 0 Å². The molecule has 0 amide bonds. The second kappa shape index (κ2) is 3.75. The fraction of sp³-hybridized carbons (Fsp3) is 0.571. The van der Waals surface area contributed by atoms with Crippen LogP contribution in [0, 0.1) is 11.8 Å². The van der Waals surface area contributed by atoms with Gasteiger partial charge in [0.2, 0.25) is 0 Å². The Kier molecular flexibility index (Phi) is 2.49. The number of hydrogen-bond donors (Lipinski definition) is 1. The van der Waals surface area contributed by atoms with Gasteiger partial charge in [-0.05, 0) is 55.2 Å². The second-order valence-electron chi connectivity index (χ2n) is 5.62. The van der Waals surface area contributed by atoms with Crippen molar-refractivity contribution in [3.63, 3.8) is 0 Å². The van der Waals surface area contributed by atoms with Crippen LogP contribution in [0.5, 0.6) is 0 Å². The van der Waals surface area contributed by atoms with Crippen molar-refractivity contribution in [1.82, 2.24) is 0 Å². The Morgan fingerprint density at radius 3 is 2.56 bits per heavy atom. The van der Waals surface area contributed by atoms with E-state index in [1.54, 1.807) is 0 Å². The van der Waals surface area contributed by atoms with Crippen LogP contribution in [0.3, 0.4) is 0 Å². The molecule has 2 bridgehead atoms. The van der Waals surface area contributed by atoms with Crippen LogP contribution in [-0.4, -0.2) is 5.54 Å². The number of hydrogen-bond acceptors (Lipinski definition) is 1. The molecule has 2 aliphatic rings. The van der Waals surface area contributed by atoms with Gasteiger partial charge >= 0.3 is 0 Å². The van der Waals surface area contributed by atoms with Crippen LogP contribution >= 0.6 is 11.6 Å². The lowest BCUT2D eigenvalue weighted by Gasteiger charge is -2.34. The average molecular weight is 236 g/mol. The topological polar surface area (TPSA) is 26.0 Å². The summed E-state index contributed by atoms with van der Waals surface area (Å²) in [5, 5.41) is 0.808. The van der Waals surface area contributed by atoms with Crippen molar-refractivity contribution in [2.45, 2.75) is 37.6 Å². The summed E-state index contributed by atoms with van der Waals surface area (Å²) in [6, 6.07) is 8.16. The van der Waals surface area contributed by atoms with Gasteiger partial charge in [0, 0.05) is 10.6 Å². The zero-order valence-corrected chi connectivity index (χ0v) is 10.2. The molecule has 3 atom stereocenters. The summed E-state index contributed by atoms with van der Waals surface area (Å²) in [7, 11) is 0. The summed E-state index contributed by atoms with van der Waals surface area (Å²) in [4.78, 5) is 0. The molecule has 3 rings (SSSR count). The summed E-state index contributed by atoms with van der Waals surface area (Å²) < 4.78 is 0. The van der Waals surface area contributed by atoms with E-state index >= 15 is 0 Å². The molecule has 86 valence electrons. The van der Waals surface area contributed by atoms with Crippen molar-refractivity contribution >= 4 is 11.6 Å². The average Bonchev–Trinajstić information content (AvgIpc) is 2.81. The zero-order valence-electron chi connectivity index (χ0n) is 9.45. The molecule has 2 fully saturated rings. The predicted molar refractivity (Wildman–Crippen MR) is 67.5 cm³/mol. The SMILES string of the molecule is NC1(Cc2ccc(Cl)cc2)CC2CCC1C2. The Labute approximate surface area is 102 Å². The molecule has 0 aliphatic heterocycles. The van der Waals surface area contributed by atoms with E-state index in [1.165, 1.54) is 31.2 Å². The van der Waals surface area contributed by atoms with Gasteiger partial charge in [-0.2, -0.15) is 0 Å². The number of benzene rings is 1. The number of nitrogens with two attached hydrogens (primary N) is 1. The van der Waals surface area contributed by atoms with E-state index in [1.807, 2.05) is 12.1 Å². The van der Waals surface area contributed by atoms with Crippen molar-refractivity contribution < 1.29 is 0 Å². The first-order chi connectivity index (χ1) is 7.66. The number of rotatable bonds is 2. The van der Waals surface area contributed by atoms with Crippen LogP contribution in [0.15, 0.2) is 24.3 Å². The van der Waals surface area contributed by atoms with Crippen molar-refractivity contribution in [2.75, 3.05) is 0 Å². The molecule has 0 radical (unpaired) electrons. The van der Waals surface area contributed by atoms with Crippen LogP contribution in [0.1, 0.15) is 31.2 Å². The van der Waals surface area contributed by atoms with E-state index < -0.39 is 0 Å². The number of halogens is 1. The predicted octanol–water partition coefficient (Wildman–Crippen LogP) is 3.40. The Bertz CT molecular complexity index is 386. The maximum atomic E-state index is 6.58. The Balaban J connectivity index is 1.77. The van der Waals surface area contributed by atoms with Crippen molar-refractivity contribution in [3.05, 3.63) is 34.9 Å². The van der Waals surface area contributed by atoms with Gasteiger partial charge in [-0.3, -0.25) is 0 Å². The molecule has 16 heavy (non-hydrogen) atoms. The molecule has 3 unspecified atom stereocenters. The lowest BCUT2D eigenvalue weighted by molar-refractivity contribution is 0.269. The molecule has 1 aromatic rings. The summed E-state index contributed by atoms with van der Waals surface area (Å²) in [6.45, 7) is 0. The van der Waals surface area contributed by atoms with E-state index in [4.69, 9.17) is 17.3 Å². The van der Waals surface area contributed by atoms with Gasteiger partial charge in [0.1, 0.15) is 0 Å². The minimum Gasteiger partial charge on any atom is -0.325 e. The summed E-state index contributed by atoms with van der Waals surface area (Å²) in [6.07, 6.45) is 6.36. The van der Waals surface area contributed by atoms with Crippen molar-refractivity contribution in [2.24, 2.45) is 17.6 Å². The molecule has 2 heteroatoms.